The number of nitrogens with zero attached hydrogens (tertiary/aromatic N) is 3. The third-order valence-corrected chi connectivity index (χ3v) is 8.13. The second kappa shape index (κ2) is 13.1. The van der Waals surface area contributed by atoms with Gasteiger partial charge in [0.25, 0.3) is 0 Å². The molecule has 0 aliphatic carbocycles. The Labute approximate surface area is 222 Å². The molecule has 37 heavy (non-hydrogen) atoms. The summed E-state index contributed by atoms with van der Waals surface area (Å²) in [6, 6.07) is 12.5. The van der Waals surface area contributed by atoms with Crippen LogP contribution in [-0.4, -0.2) is 62.7 Å². The highest BCUT2D eigenvalue weighted by Gasteiger charge is 2.34. The molecule has 0 spiro atoms. The SMILES string of the molecule is CCC(C(=O)NCC(C)C)N(Cc1ccccc1C)C(=O)CN(c1cc(C)ccc1C)S(=O)(=O)N(C)C. The van der Waals surface area contributed by atoms with Crippen LogP contribution in [0.1, 0.15) is 49.4 Å². The Hall–Kier alpha value is -2.91. The predicted octanol–water partition coefficient (Wildman–Crippen LogP) is 3.80. The highest BCUT2D eigenvalue weighted by atomic mass is 32.2. The Morgan fingerprint density at radius 1 is 0.973 bits per heavy atom. The van der Waals surface area contributed by atoms with E-state index in [9.17, 15) is 18.0 Å². The van der Waals surface area contributed by atoms with Crippen molar-refractivity contribution in [2.75, 3.05) is 31.5 Å². The van der Waals surface area contributed by atoms with Gasteiger partial charge < -0.3 is 10.2 Å². The van der Waals surface area contributed by atoms with E-state index in [1.165, 1.54) is 19.0 Å². The maximum Gasteiger partial charge on any atom is 0.304 e. The topological polar surface area (TPSA) is 90.0 Å². The Bertz CT molecular complexity index is 1190. The van der Waals surface area contributed by atoms with E-state index in [1.807, 2.05) is 77.9 Å². The van der Waals surface area contributed by atoms with E-state index in [0.29, 0.717) is 18.7 Å². The van der Waals surface area contributed by atoms with Gasteiger partial charge in [0.1, 0.15) is 12.6 Å². The lowest BCUT2D eigenvalue weighted by Gasteiger charge is -2.34. The van der Waals surface area contributed by atoms with Crippen LogP contribution in [0.4, 0.5) is 5.69 Å². The molecular formula is C28H42N4O4S. The first-order valence-corrected chi connectivity index (χ1v) is 14.1. The van der Waals surface area contributed by atoms with Crippen molar-refractivity contribution in [3.8, 4) is 0 Å². The number of aryl methyl sites for hydroxylation is 3. The molecule has 1 atom stereocenters. The first kappa shape index (κ1) is 30.3. The van der Waals surface area contributed by atoms with Gasteiger partial charge in [0.15, 0.2) is 0 Å². The summed E-state index contributed by atoms with van der Waals surface area (Å²) >= 11 is 0. The van der Waals surface area contributed by atoms with E-state index in [2.05, 4.69) is 5.32 Å². The van der Waals surface area contributed by atoms with Crippen molar-refractivity contribution >= 4 is 27.7 Å². The van der Waals surface area contributed by atoms with Crippen LogP contribution in [-0.2, 0) is 26.3 Å². The first-order chi connectivity index (χ1) is 17.3. The van der Waals surface area contributed by atoms with Crippen molar-refractivity contribution in [2.45, 2.75) is 60.5 Å². The molecule has 2 aromatic carbocycles. The molecule has 8 nitrogen and oxygen atoms in total. The van der Waals surface area contributed by atoms with Crippen LogP contribution in [0.5, 0.6) is 0 Å². The fourth-order valence-electron chi connectivity index (χ4n) is 4.00. The van der Waals surface area contributed by atoms with Crippen molar-refractivity contribution in [2.24, 2.45) is 5.92 Å². The standard InChI is InChI=1S/C28H42N4O4S/c1-9-25(28(34)29-17-20(2)3)31(18-24-13-11-10-12-22(24)5)27(33)19-32(37(35,36)30(7)8)26-16-21(4)14-15-23(26)6/h10-16,20,25H,9,17-19H2,1-8H3,(H,29,34). The van der Waals surface area contributed by atoms with Gasteiger partial charge in [-0.15, -0.1) is 0 Å². The summed E-state index contributed by atoms with van der Waals surface area (Å²) in [6.07, 6.45) is 0.394. The monoisotopic (exact) mass is 530 g/mol. The number of rotatable bonds is 12. The van der Waals surface area contributed by atoms with Crippen LogP contribution >= 0.6 is 0 Å². The van der Waals surface area contributed by atoms with E-state index in [1.54, 1.807) is 6.07 Å². The van der Waals surface area contributed by atoms with Crippen LogP contribution in [0.3, 0.4) is 0 Å². The number of benzene rings is 2. The molecule has 2 amide bonds. The molecule has 0 fully saturated rings. The number of hydrogen-bond acceptors (Lipinski definition) is 4. The summed E-state index contributed by atoms with van der Waals surface area (Å²) in [5, 5.41) is 2.95. The van der Waals surface area contributed by atoms with Gasteiger partial charge in [0, 0.05) is 27.2 Å². The molecule has 0 radical (unpaired) electrons. The van der Waals surface area contributed by atoms with Gasteiger partial charge in [0.05, 0.1) is 5.69 Å². The molecule has 0 heterocycles. The van der Waals surface area contributed by atoms with Crippen molar-refractivity contribution < 1.29 is 18.0 Å². The van der Waals surface area contributed by atoms with Crippen LogP contribution < -0.4 is 9.62 Å². The largest absolute Gasteiger partial charge is 0.354 e. The summed E-state index contributed by atoms with van der Waals surface area (Å²) in [7, 11) is -1.11. The fourth-order valence-corrected chi connectivity index (χ4v) is 5.12. The quantitative estimate of drug-likeness (QED) is 0.452. The van der Waals surface area contributed by atoms with E-state index in [0.717, 1.165) is 30.9 Å². The minimum absolute atomic E-state index is 0.196. The van der Waals surface area contributed by atoms with E-state index in [4.69, 9.17) is 0 Å². The van der Waals surface area contributed by atoms with Crippen LogP contribution in [0, 0.1) is 26.7 Å². The van der Waals surface area contributed by atoms with E-state index >= 15 is 0 Å². The van der Waals surface area contributed by atoms with Crippen molar-refractivity contribution in [3.05, 3.63) is 64.7 Å². The lowest BCUT2D eigenvalue weighted by Crippen LogP contribution is -2.53. The van der Waals surface area contributed by atoms with Gasteiger partial charge in [-0.1, -0.05) is 57.2 Å². The Morgan fingerprint density at radius 3 is 2.19 bits per heavy atom. The molecule has 0 aliphatic rings. The number of nitrogens with one attached hydrogen (secondary N) is 1. The van der Waals surface area contributed by atoms with Crippen LogP contribution in [0.15, 0.2) is 42.5 Å². The van der Waals surface area contributed by atoms with Gasteiger partial charge in [0.2, 0.25) is 11.8 Å². The maximum absolute atomic E-state index is 14.0. The molecular weight excluding hydrogens is 488 g/mol. The smallest absolute Gasteiger partial charge is 0.304 e. The molecule has 0 saturated carbocycles. The minimum atomic E-state index is -4.00. The number of hydrogen-bond donors (Lipinski definition) is 1. The average molecular weight is 531 g/mol. The predicted molar refractivity (Wildman–Crippen MR) is 150 cm³/mol. The summed E-state index contributed by atoms with van der Waals surface area (Å²) in [4.78, 5) is 28.7. The minimum Gasteiger partial charge on any atom is -0.354 e. The highest BCUT2D eigenvalue weighted by molar-refractivity contribution is 7.90. The summed E-state index contributed by atoms with van der Waals surface area (Å²) in [6.45, 7) is 11.8. The third-order valence-electron chi connectivity index (χ3n) is 6.32. The molecule has 2 aromatic rings. The zero-order valence-corrected chi connectivity index (χ0v) is 24.2. The maximum atomic E-state index is 14.0. The molecule has 0 aliphatic heterocycles. The zero-order chi connectivity index (χ0) is 27.9. The lowest BCUT2D eigenvalue weighted by atomic mass is 10.1. The average Bonchev–Trinajstić information content (AvgIpc) is 2.83. The van der Waals surface area contributed by atoms with E-state index < -0.39 is 28.7 Å². The highest BCUT2D eigenvalue weighted by Crippen LogP contribution is 2.26. The van der Waals surface area contributed by atoms with Crippen molar-refractivity contribution in [3.63, 3.8) is 0 Å². The Balaban J connectivity index is 2.55. The van der Waals surface area contributed by atoms with Crippen molar-refractivity contribution in [1.29, 1.82) is 0 Å². The summed E-state index contributed by atoms with van der Waals surface area (Å²) in [5.74, 6) is -0.431. The fraction of sp³-hybridized carbons (Fsp3) is 0.500. The molecule has 0 aromatic heterocycles. The second-order valence-electron chi connectivity index (χ2n) is 10.1. The molecule has 0 saturated heterocycles. The number of carbonyl (C=O) groups excluding carboxylic acids is 2. The lowest BCUT2D eigenvalue weighted by molar-refractivity contribution is -0.140. The van der Waals surface area contributed by atoms with Crippen LogP contribution in [0.25, 0.3) is 0 Å². The van der Waals surface area contributed by atoms with Crippen molar-refractivity contribution in [1.82, 2.24) is 14.5 Å². The third kappa shape index (κ3) is 7.79. The van der Waals surface area contributed by atoms with E-state index in [-0.39, 0.29) is 18.4 Å². The summed E-state index contributed by atoms with van der Waals surface area (Å²) in [5.41, 5.74) is 3.94. The van der Waals surface area contributed by atoms with Crippen LogP contribution in [0.2, 0.25) is 0 Å². The number of amides is 2. The Kier molecular flexibility index (Phi) is 10.7. The van der Waals surface area contributed by atoms with Gasteiger partial charge in [-0.3, -0.25) is 9.59 Å². The molecule has 1 N–H and O–H groups in total. The second-order valence-corrected chi connectivity index (χ2v) is 12.2. The Morgan fingerprint density at radius 2 is 1.62 bits per heavy atom. The number of anilines is 1. The molecule has 204 valence electrons. The first-order valence-electron chi connectivity index (χ1n) is 12.7. The number of carbonyl (C=O) groups is 2. The molecule has 0 bridgehead atoms. The van der Waals surface area contributed by atoms with Gasteiger partial charge in [-0.2, -0.15) is 12.7 Å². The molecule has 2 rings (SSSR count). The van der Waals surface area contributed by atoms with Gasteiger partial charge >= 0.3 is 10.2 Å². The molecule has 1 unspecified atom stereocenters. The zero-order valence-electron chi connectivity index (χ0n) is 23.4. The molecule has 9 heteroatoms. The van der Waals surface area contributed by atoms with Gasteiger partial charge in [-0.05, 0) is 61.4 Å². The van der Waals surface area contributed by atoms with Gasteiger partial charge in [-0.25, -0.2) is 4.31 Å². The summed E-state index contributed by atoms with van der Waals surface area (Å²) < 4.78 is 29.1. The normalized spacial score (nSPS) is 12.5.